The molecule has 0 fully saturated rings. The highest BCUT2D eigenvalue weighted by atomic mass is 16.1. The lowest BCUT2D eigenvalue weighted by molar-refractivity contribution is 0.0937. The van der Waals surface area contributed by atoms with Gasteiger partial charge in [0.05, 0.1) is 11.3 Å². The number of fused-ring (bicyclic) bond motifs is 1. The Morgan fingerprint density at radius 1 is 1.30 bits per heavy atom. The number of nitrogens with zero attached hydrogens (tertiary/aromatic N) is 3. The lowest BCUT2D eigenvalue weighted by Crippen LogP contribution is -2.33. The number of rotatable bonds is 5. The van der Waals surface area contributed by atoms with E-state index in [0.29, 0.717) is 5.56 Å². The van der Waals surface area contributed by atoms with Crippen LogP contribution in [0.2, 0.25) is 0 Å². The summed E-state index contributed by atoms with van der Waals surface area (Å²) in [4.78, 5) is 16.6. The Kier molecular flexibility index (Phi) is 4.37. The smallest absolute Gasteiger partial charge is 0.254 e. The average Bonchev–Trinajstić information content (AvgIpc) is 2.93. The number of nitrogens with one attached hydrogen (secondary N) is 1. The number of carbonyl (C=O) groups is 1. The van der Waals surface area contributed by atoms with Gasteiger partial charge in [0.25, 0.3) is 5.91 Å². The van der Waals surface area contributed by atoms with E-state index < -0.39 is 0 Å². The molecular weight excluding hydrogens is 288 g/mol. The fraction of sp³-hybridized carbons (Fsp3) is 0.278. The van der Waals surface area contributed by atoms with Crippen molar-refractivity contribution < 1.29 is 4.79 Å². The molecule has 0 aliphatic carbocycles. The van der Waals surface area contributed by atoms with Gasteiger partial charge in [0, 0.05) is 24.5 Å². The third-order valence-corrected chi connectivity index (χ3v) is 3.78. The van der Waals surface area contributed by atoms with Gasteiger partial charge in [0.1, 0.15) is 0 Å². The van der Waals surface area contributed by atoms with Crippen molar-refractivity contribution in [2.45, 2.75) is 32.7 Å². The average molecular weight is 308 g/mol. The zero-order valence-corrected chi connectivity index (χ0v) is 13.4. The van der Waals surface area contributed by atoms with Gasteiger partial charge in [-0.2, -0.15) is 5.10 Å². The second-order valence-electron chi connectivity index (χ2n) is 5.83. The molecule has 5 heteroatoms. The van der Waals surface area contributed by atoms with Crippen molar-refractivity contribution in [3.8, 4) is 0 Å². The van der Waals surface area contributed by atoms with Gasteiger partial charge in [-0.25, -0.2) is 9.50 Å². The number of hydrogen-bond donors (Lipinski definition) is 1. The van der Waals surface area contributed by atoms with E-state index in [0.717, 1.165) is 24.2 Å². The minimum Gasteiger partial charge on any atom is -0.349 e. The molecule has 0 spiro atoms. The van der Waals surface area contributed by atoms with Crippen LogP contribution in [0.1, 0.15) is 35.0 Å². The summed E-state index contributed by atoms with van der Waals surface area (Å²) in [7, 11) is 0. The summed E-state index contributed by atoms with van der Waals surface area (Å²) in [5.41, 5.74) is 3.43. The summed E-state index contributed by atoms with van der Waals surface area (Å²) >= 11 is 0. The number of aromatic nitrogens is 3. The molecule has 0 aliphatic heterocycles. The second kappa shape index (κ2) is 6.60. The summed E-state index contributed by atoms with van der Waals surface area (Å²) in [6, 6.07) is 12.3. The van der Waals surface area contributed by atoms with Gasteiger partial charge >= 0.3 is 0 Å². The number of amides is 1. The van der Waals surface area contributed by atoms with Crippen LogP contribution in [0.3, 0.4) is 0 Å². The van der Waals surface area contributed by atoms with Crippen LogP contribution >= 0.6 is 0 Å². The maximum atomic E-state index is 12.3. The van der Waals surface area contributed by atoms with Crippen molar-refractivity contribution in [3.05, 3.63) is 65.6 Å². The molecule has 2 heterocycles. The molecular formula is C18H20N4O. The van der Waals surface area contributed by atoms with Crippen molar-refractivity contribution in [1.82, 2.24) is 19.9 Å². The lowest BCUT2D eigenvalue weighted by Gasteiger charge is -2.13. The van der Waals surface area contributed by atoms with Gasteiger partial charge in [0.15, 0.2) is 5.65 Å². The van der Waals surface area contributed by atoms with E-state index >= 15 is 0 Å². The maximum absolute atomic E-state index is 12.3. The van der Waals surface area contributed by atoms with Crippen LogP contribution in [0, 0.1) is 6.92 Å². The fourth-order valence-electron chi connectivity index (χ4n) is 2.52. The minimum absolute atomic E-state index is 0.0951. The minimum atomic E-state index is -0.117. The number of aryl methyl sites for hydroxylation is 2. The van der Waals surface area contributed by atoms with Crippen LogP contribution in [0.4, 0.5) is 0 Å². The first-order valence-electron chi connectivity index (χ1n) is 7.78. The van der Waals surface area contributed by atoms with E-state index in [9.17, 15) is 4.79 Å². The topological polar surface area (TPSA) is 59.3 Å². The zero-order chi connectivity index (χ0) is 16.2. The van der Waals surface area contributed by atoms with E-state index in [1.807, 2.05) is 38.1 Å². The molecule has 23 heavy (non-hydrogen) atoms. The second-order valence-corrected chi connectivity index (χ2v) is 5.83. The summed E-state index contributed by atoms with van der Waals surface area (Å²) in [5.74, 6) is -0.117. The largest absolute Gasteiger partial charge is 0.349 e. The number of carbonyl (C=O) groups excluding carboxylic acids is 1. The molecule has 1 aromatic carbocycles. The molecule has 118 valence electrons. The normalized spacial score (nSPS) is 12.3. The van der Waals surface area contributed by atoms with Crippen LogP contribution in [0.25, 0.3) is 5.65 Å². The fourth-order valence-corrected chi connectivity index (χ4v) is 2.52. The third-order valence-electron chi connectivity index (χ3n) is 3.78. The van der Waals surface area contributed by atoms with E-state index in [-0.39, 0.29) is 11.9 Å². The monoisotopic (exact) mass is 308 g/mol. The first-order valence-corrected chi connectivity index (χ1v) is 7.78. The number of hydrogen-bond acceptors (Lipinski definition) is 3. The highest BCUT2D eigenvalue weighted by molar-refractivity contribution is 5.93. The summed E-state index contributed by atoms with van der Waals surface area (Å²) < 4.78 is 1.64. The van der Waals surface area contributed by atoms with Gasteiger partial charge in [-0.3, -0.25) is 4.79 Å². The maximum Gasteiger partial charge on any atom is 0.254 e. The first-order chi connectivity index (χ1) is 11.1. The van der Waals surface area contributed by atoms with Crippen molar-refractivity contribution in [2.75, 3.05) is 0 Å². The standard InChI is InChI=1S/C18H20N4O/c1-13(8-9-15-6-4-3-5-7-15)20-18(23)16-11-19-17-10-14(2)21-22(17)12-16/h3-7,10-13H,8-9H2,1-2H3,(H,20,23). The Morgan fingerprint density at radius 2 is 2.09 bits per heavy atom. The van der Waals surface area contributed by atoms with Gasteiger partial charge in [-0.1, -0.05) is 30.3 Å². The molecule has 1 amide bonds. The molecule has 5 nitrogen and oxygen atoms in total. The highest BCUT2D eigenvalue weighted by Crippen LogP contribution is 2.07. The molecule has 0 radical (unpaired) electrons. The Morgan fingerprint density at radius 3 is 2.87 bits per heavy atom. The molecule has 0 saturated carbocycles. The van der Waals surface area contributed by atoms with Crippen molar-refractivity contribution in [3.63, 3.8) is 0 Å². The van der Waals surface area contributed by atoms with Crippen molar-refractivity contribution in [1.29, 1.82) is 0 Å². The molecule has 1 atom stereocenters. The highest BCUT2D eigenvalue weighted by Gasteiger charge is 2.12. The predicted molar refractivity (Wildman–Crippen MR) is 89.4 cm³/mol. The Hall–Kier alpha value is -2.69. The van der Waals surface area contributed by atoms with Gasteiger partial charge in [0.2, 0.25) is 0 Å². The molecule has 0 saturated heterocycles. The van der Waals surface area contributed by atoms with Crippen LogP contribution < -0.4 is 5.32 Å². The van der Waals surface area contributed by atoms with Gasteiger partial charge < -0.3 is 5.32 Å². The van der Waals surface area contributed by atoms with Crippen LogP contribution in [-0.2, 0) is 6.42 Å². The molecule has 2 aromatic heterocycles. The quantitative estimate of drug-likeness (QED) is 0.788. The Bertz CT molecular complexity index is 810. The molecule has 3 aromatic rings. The molecule has 1 unspecified atom stereocenters. The summed E-state index contributed by atoms with van der Waals surface area (Å²) in [5, 5.41) is 7.30. The third kappa shape index (κ3) is 3.74. The predicted octanol–water partition coefficient (Wildman–Crippen LogP) is 2.79. The molecule has 0 aliphatic rings. The SMILES string of the molecule is Cc1cc2ncc(C(=O)NC(C)CCc3ccccc3)cn2n1. The Labute approximate surface area is 135 Å². The van der Waals surface area contributed by atoms with Crippen molar-refractivity contribution >= 4 is 11.6 Å². The summed E-state index contributed by atoms with van der Waals surface area (Å²) in [6.07, 6.45) is 5.15. The van der Waals surface area contributed by atoms with E-state index in [2.05, 4.69) is 27.5 Å². The van der Waals surface area contributed by atoms with Crippen LogP contribution in [0.15, 0.2) is 48.8 Å². The zero-order valence-electron chi connectivity index (χ0n) is 13.4. The number of benzene rings is 1. The van der Waals surface area contributed by atoms with E-state index in [1.54, 1.807) is 16.9 Å². The van der Waals surface area contributed by atoms with Crippen LogP contribution in [0.5, 0.6) is 0 Å². The molecule has 3 rings (SSSR count). The van der Waals surface area contributed by atoms with Gasteiger partial charge in [-0.05, 0) is 32.3 Å². The first kappa shape index (κ1) is 15.2. The van der Waals surface area contributed by atoms with Crippen molar-refractivity contribution in [2.24, 2.45) is 0 Å². The van der Waals surface area contributed by atoms with Crippen LogP contribution in [-0.4, -0.2) is 26.5 Å². The molecule has 0 bridgehead atoms. The summed E-state index contributed by atoms with van der Waals surface area (Å²) in [6.45, 7) is 3.92. The van der Waals surface area contributed by atoms with E-state index in [4.69, 9.17) is 0 Å². The van der Waals surface area contributed by atoms with Gasteiger partial charge in [-0.15, -0.1) is 0 Å². The molecule has 1 N–H and O–H groups in total. The lowest BCUT2D eigenvalue weighted by atomic mass is 10.1. The Balaban J connectivity index is 1.60. The van der Waals surface area contributed by atoms with E-state index in [1.165, 1.54) is 5.56 Å².